The fraction of sp³-hybridized carbons (Fsp3) is 0.333. The molecule has 2 aromatic carbocycles. The van der Waals surface area contributed by atoms with Crippen molar-refractivity contribution in [2.45, 2.75) is 32.7 Å². The first-order valence-corrected chi connectivity index (χ1v) is 9.28. The van der Waals surface area contributed by atoms with Crippen LogP contribution in [0.2, 0.25) is 0 Å². The van der Waals surface area contributed by atoms with Crippen LogP contribution in [0.5, 0.6) is 0 Å². The number of nitrogens with one attached hydrogen (secondary N) is 2. The van der Waals surface area contributed by atoms with Crippen molar-refractivity contribution in [1.29, 1.82) is 0 Å². The number of carbonyl (C=O) groups is 1. The van der Waals surface area contributed by atoms with Crippen molar-refractivity contribution >= 4 is 17.0 Å². The lowest BCUT2D eigenvalue weighted by Gasteiger charge is -2.23. The van der Waals surface area contributed by atoms with Gasteiger partial charge in [0.25, 0.3) is 5.91 Å². The van der Waals surface area contributed by atoms with Crippen molar-refractivity contribution < 1.29 is 9.21 Å². The van der Waals surface area contributed by atoms with Crippen LogP contribution in [0.3, 0.4) is 0 Å². The van der Waals surface area contributed by atoms with E-state index in [1.807, 2.05) is 56.3 Å². The van der Waals surface area contributed by atoms with Gasteiger partial charge in [0.1, 0.15) is 5.52 Å². The maximum absolute atomic E-state index is 12.7. The topological polar surface area (TPSA) is 67.2 Å². The fourth-order valence-corrected chi connectivity index (χ4v) is 3.07. The molecule has 0 bridgehead atoms. The van der Waals surface area contributed by atoms with Gasteiger partial charge in [-0.25, -0.2) is 4.98 Å². The van der Waals surface area contributed by atoms with E-state index in [-0.39, 0.29) is 11.9 Å². The zero-order valence-electron chi connectivity index (χ0n) is 15.3. The summed E-state index contributed by atoms with van der Waals surface area (Å²) in [6.45, 7) is 5.88. The normalized spacial score (nSPS) is 14.5. The summed E-state index contributed by atoms with van der Waals surface area (Å²) >= 11 is 0. The van der Waals surface area contributed by atoms with E-state index in [0.717, 1.165) is 31.5 Å². The van der Waals surface area contributed by atoms with E-state index in [9.17, 15) is 4.79 Å². The summed E-state index contributed by atoms with van der Waals surface area (Å²) in [6, 6.07) is 15.4. The Labute approximate surface area is 153 Å². The predicted molar refractivity (Wildman–Crippen MR) is 104 cm³/mol. The van der Waals surface area contributed by atoms with Gasteiger partial charge >= 0.3 is 0 Å². The van der Waals surface area contributed by atoms with Crippen LogP contribution in [0.15, 0.2) is 52.9 Å². The molecule has 0 unspecified atom stereocenters. The molecule has 1 amide bonds. The molecule has 1 fully saturated rings. The van der Waals surface area contributed by atoms with Gasteiger partial charge in [-0.05, 0) is 50.2 Å². The number of nitrogens with zero attached hydrogens (tertiary/aromatic N) is 1. The van der Waals surface area contributed by atoms with Crippen molar-refractivity contribution in [3.63, 3.8) is 0 Å². The Morgan fingerprint density at radius 2 is 1.81 bits per heavy atom. The summed E-state index contributed by atoms with van der Waals surface area (Å²) in [4.78, 5) is 17.2. The molecule has 0 aliphatic carbocycles. The zero-order chi connectivity index (χ0) is 18.4. The SMILES string of the molecule is CC.O=C(NC1CCNCC1)c1cccc2oc(-c3ccccc3)nc12. The maximum Gasteiger partial charge on any atom is 0.253 e. The Morgan fingerprint density at radius 1 is 1.08 bits per heavy atom. The van der Waals surface area contributed by atoms with Crippen molar-refractivity contribution in [1.82, 2.24) is 15.6 Å². The highest BCUT2D eigenvalue weighted by Crippen LogP contribution is 2.26. The molecule has 1 aromatic heterocycles. The lowest BCUT2D eigenvalue weighted by Crippen LogP contribution is -2.42. The van der Waals surface area contributed by atoms with Crippen molar-refractivity contribution in [2.75, 3.05) is 13.1 Å². The summed E-state index contributed by atoms with van der Waals surface area (Å²) in [6.07, 6.45) is 1.91. The maximum atomic E-state index is 12.7. The summed E-state index contributed by atoms with van der Waals surface area (Å²) in [5.41, 5.74) is 2.71. The molecule has 4 rings (SSSR count). The molecule has 0 radical (unpaired) electrons. The Kier molecular flexibility index (Phi) is 6.02. The Balaban J connectivity index is 0.000000948. The number of piperidine rings is 1. The highest BCUT2D eigenvalue weighted by atomic mass is 16.3. The molecule has 2 N–H and O–H groups in total. The summed E-state index contributed by atoms with van der Waals surface area (Å²) in [5, 5.41) is 6.42. The molecule has 136 valence electrons. The number of carbonyl (C=O) groups excluding carboxylic acids is 1. The first kappa shape index (κ1) is 18.1. The van der Waals surface area contributed by atoms with Gasteiger partial charge in [-0.3, -0.25) is 4.79 Å². The van der Waals surface area contributed by atoms with Gasteiger partial charge in [-0.15, -0.1) is 0 Å². The van der Waals surface area contributed by atoms with E-state index < -0.39 is 0 Å². The number of fused-ring (bicyclic) bond motifs is 1. The highest BCUT2D eigenvalue weighted by molar-refractivity contribution is 6.05. The first-order chi connectivity index (χ1) is 12.8. The molecule has 1 aliphatic rings. The second kappa shape index (κ2) is 8.63. The Bertz CT molecular complexity index is 852. The third-order valence-electron chi connectivity index (χ3n) is 4.36. The largest absolute Gasteiger partial charge is 0.436 e. The number of amides is 1. The molecule has 0 spiro atoms. The number of benzene rings is 2. The van der Waals surface area contributed by atoms with E-state index in [0.29, 0.717) is 22.6 Å². The van der Waals surface area contributed by atoms with E-state index in [2.05, 4.69) is 15.6 Å². The highest BCUT2D eigenvalue weighted by Gasteiger charge is 2.20. The number of hydrogen-bond donors (Lipinski definition) is 2. The molecule has 1 saturated heterocycles. The zero-order valence-corrected chi connectivity index (χ0v) is 15.3. The molecule has 0 saturated carbocycles. The van der Waals surface area contributed by atoms with Crippen molar-refractivity contribution in [3.05, 3.63) is 54.1 Å². The molecule has 26 heavy (non-hydrogen) atoms. The monoisotopic (exact) mass is 351 g/mol. The average molecular weight is 351 g/mol. The number of aromatic nitrogens is 1. The average Bonchev–Trinajstić information content (AvgIpc) is 3.15. The van der Waals surface area contributed by atoms with Crippen LogP contribution in [0, 0.1) is 0 Å². The van der Waals surface area contributed by atoms with Crippen molar-refractivity contribution in [3.8, 4) is 11.5 Å². The molecule has 0 atom stereocenters. The summed E-state index contributed by atoms with van der Waals surface area (Å²) < 4.78 is 5.83. The molecule has 2 heterocycles. The van der Waals surface area contributed by atoms with Crippen LogP contribution in [0.25, 0.3) is 22.6 Å². The quantitative estimate of drug-likeness (QED) is 0.748. The van der Waals surface area contributed by atoms with Crippen LogP contribution < -0.4 is 10.6 Å². The predicted octanol–water partition coefficient (Wildman–Crippen LogP) is 4.00. The third-order valence-corrected chi connectivity index (χ3v) is 4.36. The molecular weight excluding hydrogens is 326 g/mol. The number of oxazole rings is 1. The van der Waals surface area contributed by atoms with Gasteiger partial charge in [-0.1, -0.05) is 38.1 Å². The lowest BCUT2D eigenvalue weighted by molar-refractivity contribution is 0.0931. The lowest BCUT2D eigenvalue weighted by atomic mass is 10.1. The van der Waals surface area contributed by atoms with Gasteiger partial charge in [0.05, 0.1) is 5.56 Å². The van der Waals surface area contributed by atoms with E-state index in [4.69, 9.17) is 4.42 Å². The molecule has 5 nitrogen and oxygen atoms in total. The van der Waals surface area contributed by atoms with Crippen LogP contribution in [0.4, 0.5) is 0 Å². The van der Waals surface area contributed by atoms with Gasteiger partial charge in [0, 0.05) is 11.6 Å². The minimum atomic E-state index is -0.0830. The number of para-hydroxylation sites is 1. The molecule has 3 aromatic rings. The van der Waals surface area contributed by atoms with E-state index >= 15 is 0 Å². The fourth-order valence-electron chi connectivity index (χ4n) is 3.07. The second-order valence-corrected chi connectivity index (χ2v) is 6.04. The minimum absolute atomic E-state index is 0.0830. The third kappa shape index (κ3) is 3.94. The van der Waals surface area contributed by atoms with Crippen molar-refractivity contribution in [2.24, 2.45) is 0 Å². The van der Waals surface area contributed by atoms with Crippen LogP contribution in [-0.2, 0) is 0 Å². The van der Waals surface area contributed by atoms with Gasteiger partial charge < -0.3 is 15.1 Å². The van der Waals surface area contributed by atoms with Gasteiger partial charge in [-0.2, -0.15) is 0 Å². The number of hydrogen-bond acceptors (Lipinski definition) is 4. The summed E-state index contributed by atoms with van der Waals surface area (Å²) in [7, 11) is 0. The van der Waals surface area contributed by atoms with Crippen LogP contribution in [0.1, 0.15) is 37.0 Å². The molecule has 1 aliphatic heterocycles. The minimum Gasteiger partial charge on any atom is -0.436 e. The Morgan fingerprint density at radius 3 is 2.54 bits per heavy atom. The van der Waals surface area contributed by atoms with Gasteiger partial charge in [0.15, 0.2) is 5.58 Å². The standard InChI is InChI=1S/C19H19N3O2.C2H6/c23-18(21-14-9-11-20-12-10-14)15-7-4-8-16-17(15)22-19(24-16)13-5-2-1-3-6-13;1-2/h1-8,14,20H,9-12H2,(H,21,23);1-2H3. The van der Waals surface area contributed by atoms with Crippen LogP contribution >= 0.6 is 0 Å². The summed E-state index contributed by atoms with van der Waals surface area (Å²) in [5.74, 6) is 0.452. The van der Waals surface area contributed by atoms with Crippen LogP contribution in [-0.4, -0.2) is 30.0 Å². The first-order valence-electron chi connectivity index (χ1n) is 9.28. The Hall–Kier alpha value is -2.66. The van der Waals surface area contributed by atoms with E-state index in [1.165, 1.54) is 0 Å². The smallest absolute Gasteiger partial charge is 0.253 e. The van der Waals surface area contributed by atoms with E-state index in [1.54, 1.807) is 6.07 Å². The second-order valence-electron chi connectivity index (χ2n) is 6.04. The van der Waals surface area contributed by atoms with Gasteiger partial charge in [0.2, 0.25) is 5.89 Å². The molecule has 5 heteroatoms. The molecular formula is C21H25N3O2. The number of rotatable bonds is 3.